The van der Waals surface area contributed by atoms with Crippen molar-refractivity contribution in [2.24, 2.45) is 5.41 Å². The van der Waals surface area contributed by atoms with Gasteiger partial charge < -0.3 is 14.7 Å². The standard InChI is InChI=1S/C10H18N2O3/c1-10(2,7-11)9(14)12(3)5-8(13)6-15-4/h8,13H,5-6H2,1-4H3. The van der Waals surface area contributed by atoms with E-state index in [1.165, 1.54) is 12.0 Å². The van der Waals surface area contributed by atoms with E-state index in [9.17, 15) is 9.90 Å². The Labute approximate surface area is 90.2 Å². The summed E-state index contributed by atoms with van der Waals surface area (Å²) in [4.78, 5) is 13.0. The molecular weight excluding hydrogens is 196 g/mol. The first-order valence-electron chi connectivity index (χ1n) is 4.69. The van der Waals surface area contributed by atoms with E-state index in [4.69, 9.17) is 10.00 Å². The molecule has 1 amide bonds. The number of hydrogen-bond donors (Lipinski definition) is 1. The van der Waals surface area contributed by atoms with Crippen molar-refractivity contribution >= 4 is 5.91 Å². The largest absolute Gasteiger partial charge is 0.389 e. The van der Waals surface area contributed by atoms with Crippen LogP contribution in [0.15, 0.2) is 0 Å². The van der Waals surface area contributed by atoms with E-state index in [0.717, 1.165) is 0 Å². The summed E-state index contributed by atoms with van der Waals surface area (Å²) in [6.45, 7) is 3.44. The van der Waals surface area contributed by atoms with E-state index in [2.05, 4.69) is 0 Å². The molecule has 0 radical (unpaired) electrons. The van der Waals surface area contributed by atoms with Crippen molar-refractivity contribution < 1.29 is 14.6 Å². The number of nitriles is 1. The quantitative estimate of drug-likeness (QED) is 0.699. The maximum Gasteiger partial charge on any atom is 0.242 e. The van der Waals surface area contributed by atoms with Crippen LogP contribution in [0.4, 0.5) is 0 Å². The number of ether oxygens (including phenoxy) is 1. The molecule has 0 rings (SSSR count). The number of carbonyl (C=O) groups excluding carboxylic acids is 1. The van der Waals surface area contributed by atoms with Gasteiger partial charge >= 0.3 is 0 Å². The van der Waals surface area contributed by atoms with Gasteiger partial charge in [0.05, 0.1) is 18.8 Å². The summed E-state index contributed by atoms with van der Waals surface area (Å²) in [5, 5.41) is 18.2. The number of amides is 1. The molecule has 0 aliphatic rings. The first-order chi connectivity index (χ1) is 6.85. The molecule has 1 atom stereocenters. The number of aliphatic hydroxyl groups excluding tert-OH is 1. The number of aliphatic hydroxyl groups is 1. The van der Waals surface area contributed by atoms with Crippen LogP contribution in [-0.4, -0.2) is 49.3 Å². The van der Waals surface area contributed by atoms with Crippen LogP contribution in [0.25, 0.3) is 0 Å². The van der Waals surface area contributed by atoms with E-state index < -0.39 is 11.5 Å². The molecule has 0 aromatic carbocycles. The van der Waals surface area contributed by atoms with Crippen molar-refractivity contribution in [2.45, 2.75) is 20.0 Å². The van der Waals surface area contributed by atoms with Crippen LogP contribution >= 0.6 is 0 Å². The highest BCUT2D eigenvalue weighted by Gasteiger charge is 2.30. The van der Waals surface area contributed by atoms with Gasteiger partial charge in [-0.3, -0.25) is 4.79 Å². The minimum absolute atomic E-state index is 0.164. The Bertz CT molecular complexity index is 258. The van der Waals surface area contributed by atoms with Crippen molar-refractivity contribution in [1.82, 2.24) is 4.90 Å². The third-order valence-electron chi connectivity index (χ3n) is 2.00. The lowest BCUT2D eigenvalue weighted by Gasteiger charge is -2.25. The molecule has 5 heteroatoms. The Morgan fingerprint density at radius 2 is 2.20 bits per heavy atom. The third kappa shape index (κ3) is 4.28. The topological polar surface area (TPSA) is 73.6 Å². The first-order valence-corrected chi connectivity index (χ1v) is 4.69. The lowest BCUT2D eigenvalue weighted by Crippen LogP contribution is -2.42. The second-order valence-corrected chi connectivity index (χ2v) is 4.03. The Kier molecular flexibility index (Phi) is 5.26. The van der Waals surface area contributed by atoms with Crippen molar-refractivity contribution in [3.05, 3.63) is 0 Å². The number of carbonyl (C=O) groups is 1. The van der Waals surface area contributed by atoms with Gasteiger partial charge in [-0.05, 0) is 13.8 Å². The fourth-order valence-corrected chi connectivity index (χ4v) is 1.17. The molecule has 0 saturated carbocycles. The molecule has 5 nitrogen and oxygen atoms in total. The Balaban J connectivity index is 4.29. The van der Waals surface area contributed by atoms with Crippen LogP contribution < -0.4 is 0 Å². The summed E-state index contributed by atoms with van der Waals surface area (Å²) in [6, 6.07) is 1.92. The average Bonchev–Trinajstić information content (AvgIpc) is 2.16. The van der Waals surface area contributed by atoms with Crippen molar-refractivity contribution in [3.8, 4) is 6.07 Å². The maximum atomic E-state index is 11.7. The van der Waals surface area contributed by atoms with E-state index in [1.54, 1.807) is 20.9 Å². The van der Waals surface area contributed by atoms with E-state index in [0.29, 0.717) is 0 Å². The summed E-state index contributed by atoms with van der Waals surface area (Å²) in [5.74, 6) is -0.305. The summed E-state index contributed by atoms with van der Waals surface area (Å²) in [7, 11) is 3.03. The second kappa shape index (κ2) is 5.69. The first kappa shape index (κ1) is 13.9. The van der Waals surface area contributed by atoms with Crippen LogP contribution in [0.3, 0.4) is 0 Å². The smallest absolute Gasteiger partial charge is 0.242 e. The van der Waals surface area contributed by atoms with Crippen LogP contribution in [0.5, 0.6) is 0 Å². The van der Waals surface area contributed by atoms with Crippen LogP contribution in [-0.2, 0) is 9.53 Å². The zero-order valence-corrected chi connectivity index (χ0v) is 9.65. The molecule has 1 unspecified atom stereocenters. The molecule has 15 heavy (non-hydrogen) atoms. The fourth-order valence-electron chi connectivity index (χ4n) is 1.17. The Hall–Kier alpha value is -1.12. The van der Waals surface area contributed by atoms with Crippen LogP contribution in [0.1, 0.15) is 13.8 Å². The highest BCUT2D eigenvalue weighted by molar-refractivity contribution is 5.84. The molecule has 1 N–H and O–H groups in total. The predicted molar refractivity (Wildman–Crippen MR) is 54.9 cm³/mol. The van der Waals surface area contributed by atoms with Gasteiger partial charge in [0, 0.05) is 20.7 Å². The molecule has 0 aromatic rings. The normalized spacial score (nSPS) is 13.1. The molecule has 0 fully saturated rings. The number of hydrogen-bond acceptors (Lipinski definition) is 4. The summed E-state index contributed by atoms with van der Waals surface area (Å²) in [5.41, 5.74) is -1.05. The van der Waals surface area contributed by atoms with Gasteiger partial charge in [0.2, 0.25) is 5.91 Å². The average molecular weight is 214 g/mol. The number of likely N-dealkylation sites (N-methyl/N-ethyl adjacent to an activating group) is 1. The Morgan fingerprint density at radius 3 is 2.60 bits per heavy atom. The molecular formula is C10H18N2O3. The van der Waals surface area contributed by atoms with Gasteiger partial charge in [-0.15, -0.1) is 0 Å². The molecule has 0 saturated heterocycles. The van der Waals surface area contributed by atoms with Gasteiger partial charge in [0.15, 0.2) is 0 Å². The summed E-state index contributed by atoms with van der Waals surface area (Å²) < 4.78 is 4.74. The lowest BCUT2D eigenvalue weighted by atomic mass is 9.94. The lowest BCUT2D eigenvalue weighted by molar-refractivity contribution is -0.137. The van der Waals surface area contributed by atoms with E-state index in [1.807, 2.05) is 6.07 Å². The highest BCUT2D eigenvalue weighted by atomic mass is 16.5. The van der Waals surface area contributed by atoms with Crippen LogP contribution in [0, 0.1) is 16.7 Å². The molecule has 0 aliphatic carbocycles. The van der Waals surface area contributed by atoms with Gasteiger partial charge in [0.1, 0.15) is 5.41 Å². The van der Waals surface area contributed by atoms with Gasteiger partial charge in [-0.2, -0.15) is 5.26 Å². The SMILES string of the molecule is COCC(O)CN(C)C(=O)C(C)(C)C#N. The molecule has 86 valence electrons. The van der Waals surface area contributed by atoms with Crippen LogP contribution in [0.2, 0.25) is 0 Å². The number of nitrogens with zero attached hydrogens (tertiary/aromatic N) is 2. The fraction of sp³-hybridized carbons (Fsp3) is 0.800. The molecule has 0 bridgehead atoms. The number of rotatable bonds is 5. The zero-order chi connectivity index (χ0) is 12.1. The minimum Gasteiger partial charge on any atom is -0.389 e. The molecule has 0 spiro atoms. The molecule has 0 heterocycles. The molecule has 0 aromatic heterocycles. The minimum atomic E-state index is -1.05. The van der Waals surface area contributed by atoms with E-state index >= 15 is 0 Å². The monoisotopic (exact) mass is 214 g/mol. The maximum absolute atomic E-state index is 11.7. The molecule has 0 aliphatic heterocycles. The van der Waals surface area contributed by atoms with Crippen molar-refractivity contribution in [1.29, 1.82) is 5.26 Å². The summed E-state index contributed by atoms with van der Waals surface area (Å²) in [6.07, 6.45) is -0.724. The van der Waals surface area contributed by atoms with Crippen molar-refractivity contribution in [3.63, 3.8) is 0 Å². The Morgan fingerprint density at radius 1 is 1.67 bits per heavy atom. The highest BCUT2D eigenvalue weighted by Crippen LogP contribution is 2.16. The van der Waals surface area contributed by atoms with Gasteiger partial charge in [0.25, 0.3) is 0 Å². The second-order valence-electron chi connectivity index (χ2n) is 4.03. The van der Waals surface area contributed by atoms with Crippen molar-refractivity contribution in [2.75, 3.05) is 27.3 Å². The van der Waals surface area contributed by atoms with Gasteiger partial charge in [-0.25, -0.2) is 0 Å². The summed E-state index contributed by atoms with van der Waals surface area (Å²) >= 11 is 0. The van der Waals surface area contributed by atoms with Gasteiger partial charge in [-0.1, -0.05) is 0 Å². The predicted octanol–water partition coefficient (Wildman–Crippen LogP) is 0.00188. The van der Waals surface area contributed by atoms with E-state index in [-0.39, 0.29) is 19.1 Å². The number of methoxy groups -OCH3 is 1. The third-order valence-corrected chi connectivity index (χ3v) is 2.00. The zero-order valence-electron chi connectivity index (χ0n) is 9.65.